The predicted molar refractivity (Wildman–Crippen MR) is 143 cm³/mol. The number of anilines is 1. The van der Waals surface area contributed by atoms with Gasteiger partial charge < -0.3 is 15.5 Å². The van der Waals surface area contributed by atoms with E-state index in [1.165, 1.54) is 6.33 Å². The minimum atomic E-state index is -4.26. The molecule has 2 fully saturated rings. The normalized spacial score (nSPS) is 18.3. The number of rotatable bonds is 9. The Hall–Kier alpha value is -2.76. The molecule has 38 heavy (non-hydrogen) atoms. The number of carbonyl (C=O) groups excluding carboxylic acids is 1. The van der Waals surface area contributed by atoms with Crippen molar-refractivity contribution in [2.75, 3.05) is 44.2 Å². The van der Waals surface area contributed by atoms with Crippen LogP contribution in [-0.4, -0.2) is 72.3 Å². The molecule has 2 saturated heterocycles. The largest absolute Gasteiger partial charge is 0.393 e. The van der Waals surface area contributed by atoms with Gasteiger partial charge in [-0.2, -0.15) is 13.2 Å². The number of alkyl halides is 3. The number of benzene rings is 1. The molecule has 3 aromatic rings. The molecule has 1 aromatic carbocycles. The number of hydrogen-bond donors (Lipinski definition) is 2. The maximum Gasteiger partial charge on any atom is 0.393 e. The van der Waals surface area contributed by atoms with Crippen molar-refractivity contribution >= 4 is 33.3 Å². The molecule has 1 atom stereocenters. The van der Waals surface area contributed by atoms with Gasteiger partial charge in [-0.1, -0.05) is 44.2 Å². The van der Waals surface area contributed by atoms with Crippen LogP contribution < -0.4 is 15.5 Å². The zero-order valence-electron chi connectivity index (χ0n) is 21.6. The first-order valence-electron chi connectivity index (χ1n) is 13.0. The van der Waals surface area contributed by atoms with Crippen molar-refractivity contribution in [2.24, 2.45) is 5.41 Å². The van der Waals surface area contributed by atoms with Crippen LogP contribution in [0.4, 0.5) is 19.0 Å². The van der Waals surface area contributed by atoms with Crippen LogP contribution in [0.5, 0.6) is 0 Å². The molecule has 2 aliphatic heterocycles. The molecular formula is C27H33F3N6OS. The summed E-state index contributed by atoms with van der Waals surface area (Å²) in [5, 5.41) is 7.09. The Balaban J connectivity index is 1.27. The zero-order valence-corrected chi connectivity index (χ0v) is 22.4. The number of fused-ring (bicyclic) bond motifs is 1. The fourth-order valence-electron chi connectivity index (χ4n) is 5.61. The molecule has 1 amide bonds. The summed E-state index contributed by atoms with van der Waals surface area (Å²) in [6, 6.07) is 11.4. The average molecular weight is 547 g/mol. The number of aromatic nitrogens is 2. The molecule has 0 aliphatic carbocycles. The first-order valence-corrected chi connectivity index (χ1v) is 13.8. The second kappa shape index (κ2) is 10.8. The van der Waals surface area contributed by atoms with Crippen molar-refractivity contribution in [1.82, 2.24) is 25.5 Å². The quantitative estimate of drug-likeness (QED) is 0.393. The fourth-order valence-corrected chi connectivity index (χ4v) is 6.63. The van der Waals surface area contributed by atoms with E-state index in [-0.39, 0.29) is 22.2 Å². The lowest BCUT2D eigenvalue weighted by Gasteiger charge is -2.51. The van der Waals surface area contributed by atoms with Crippen molar-refractivity contribution < 1.29 is 18.0 Å². The van der Waals surface area contributed by atoms with Gasteiger partial charge in [-0.15, -0.1) is 11.3 Å². The number of halogens is 3. The van der Waals surface area contributed by atoms with Crippen LogP contribution in [0.2, 0.25) is 0 Å². The van der Waals surface area contributed by atoms with Crippen LogP contribution in [0, 0.1) is 5.41 Å². The first-order chi connectivity index (χ1) is 18.1. The molecule has 2 aromatic heterocycles. The summed E-state index contributed by atoms with van der Waals surface area (Å²) in [5.74, 6) is 0.699. The van der Waals surface area contributed by atoms with Crippen molar-refractivity contribution in [3.05, 3.63) is 53.2 Å². The maximum atomic E-state index is 13.3. The Bertz CT molecular complexity index is 1260. The lowest BCUT2D eigenvalue weighted by atomic mass is 9.77. The monoisotopic (exact) mass is 546 g/mol. The third-order valence-corrected chi connectivity index (χ3v) is 8.30. The smallest absolute Gasteiger partial charge is 0.355 e. The first kappa shape index (κ1) is 26.8. The number of amides is 1. The van der Waals surface area contributed by atoms with E-state index in [0.29, 0.717) is 35.2 Å². The summed E-state index contributed by atoms with van der Waals surface area (Å²) < 4.78 is 38.9. The molecule has 4 heterocycles. The van der Waals surface area contributed by atoms with Gasteiger partial charge in [0, 0.05) is 55.6 Å². The maximum absolute atomic E-state index is 13.3. The molecule has 2 aliphatic rings. The van der Waals surface area contributed by atoms with E-state index in [9.17, 15) is 18.0 Å². The molecule has 11 heteroatoms. The topological polar surface area (TPSA) is 73.4 Å². The lowest BCUT2D eigenvalue weighted by molar-refractivity contribution is -0.132. The van der Waals surface area contributed by atoms with E-state index >= 15 is 0 Å². The van der Waals surface area contributed by atoms with E-state index in [4.69, 9.17) is 0 Å². The van der Waals surface area contributed by atoms with Crippen LogP contribution in [-0.2, 0) is 11.2 Å². The molecule has 204 valence electrons. The van der Waals surface area contributed by atoms with Crippen LogP contribution in [0.15, 0.2) is 42.7 Å². The molecule has 1 spiro atoms. The van der Waals surface area contributed by atoms with Gasteiger partial charge in [-0.3, -0.25) is 9.69 Å². The minimum Gasteiger partial charge on any atom is -0.355 e. The molecule has 0 radical (unpaired) electrons. The molecule has 7 nitrogen and oxygen atoms in total. The van der Waals surface area contributed by atoms with E-state index in [1.54, 1.807) is 6.07 Å². The summed E-state index contributed by atoms with van der Waals surface area (Å²) >= 11 is 1.08. The highest BCUT2D eigenvalue weighted by molar-refractivity contribution is 7.18. The SMILES string of the molecule is CC(C)NCCNC(=O)C(c1ccccc1)N1CC2(CCN(c3ncnc4sc(CC(F)(F)F)cc34)C2)C1. The van der Waals surface area contributed by atoms with E-state index in [2.05, 4.69) is 44.2 Å². The molecule has 0 bridgehead atoms. The summed E-state index contributed by atoms with van der Waals surface area (Å²) in [6.07, 6.45) is -2.83. The number of nitrogens with one attached hydrogen (secondary N) is 2. The summed E-state index contributed by atoms with van der Waals surface area (Å²) in [4.78, 5) is 27.2. The Kier molecular flexibility index (Phi) is 7.61. The van der Waals surface area contributed by atoms with E-state index in [0.717, 1.165) is 49.5 Å². The predicted octanol–water partition coefficient (Wildman–Crippen LogP) is 4.16. The van der Waals surface area contributed by atoms with Gasteiger partial charge in [0.1, 0.15) is 23.0 Å². The van der Waals surface area contributed by atoms with Crippen LogP contribution in [0.3, 0.4) is 0 Å². The van der Waals surface area contributed by atoms with Crippen molar-refractivity contribution in [1.29, 1.82) is 0 Å². The number of thiophene rings is 1. The highest BCUT2D eigenvalue weighted by Gasteiger charge is 2.51. The van der Waals surface area contributed by atoms with Gasteiger partial charge >= 0.3 is 6.18 Å². The lowest BCUT2D eigenvalue weighted by Crippen LogP contribution is -2.60. The number of carbonyl (C=O) groups is 1. The van der Waals surface area contributed by atoms with Gasteiger partial charge in [0.2, 0.25) is 5.91 Å². The second-order valence-corrected chi connectivity index (χ2v) is 11.8. The highest BCUT2D eigenvalue weighted by Crippen LogP contribution is 2.45. The Morgan fingerprint density at radius 1 is 1.13 bits per heavy atom. The minimum absolute atomic E-state index is 0.000523. The third-order valence-electron chi connectivity index (χ3n) is 7.25. The number of likely N-dealkylation sites (tertiary alicyclic amines) is 1. The van der Waals surface area contributed by atoms with Gasteiger partial charge in [0.05, 0.1) is 11.8 Å². The summed E-state index contributed by atoms with van der Waals surface area (Å²) in [5.41, 5.74) is 0.994. The fraction of sp³-hybridized carbons (Fsp3) is 0.519. The third kappa shape index (κ3) is 5.94. The van der Waals surface area contributed by atoms with E-state index in [1.807, 2.05) is 30.3 Å². The van der Waals surface area contributed by atoms with Crippen LogP contribution in [0.1, 0.15) is 36.8 Å². The standard InChI is InChI=1S/C27H33F3N6OS/c1-18(2)31-9-10-32-24(37)22(19-6-4-3-5-7-19)36-15-26(16-36)8-11-35(14-26)23-21-12-20(13-27(28,29)30)38-25(21)34-17-33-23/h3-7,12,17-18,22,31H,8-11,13-16H2,1-2H3,(H,32,37). The molecular weight excluding hydrogens is 513 g/mol. The highest BCUT2D eigenvalue weighted by atomic mass is 32.1. The van der Waals surface area contributed by atoms with Crippen molar-refractivity contribution in [3.8, 4) is 0 Å². The molecule has 1 unspecified atom stereocenters. The molecule has 0 saturated carbocycles. The summed E-state index contributed by atoms with van der Waals surface area (Å²) in [6.45, 7) is 8.50. The van der Waals surface area contributed by atoms with Gasteiger partial charge in [0.15, 0.2) is 0 Å². The molecule has 2 N–H and O–H groups in total. The van der Waals surface area contributed by atoms with Crippen LogP contribution >= 0.6 is 11.3 Å². The molecule has 5 rings (SSSR count). The Morgan fingerprint density at radius 2 is 1.89 bits per heavy atom. The van der Waals surface area contributed by atoms with Gasteiger partial charge in [0.25, 0.3) is 0 Å². The Morgan fingerprint density at radius 3 is 2.61 bits per heavy atom. The number of hydrogen-bond acceptors (Lipinski definition) is 7. The van der Waals surface area contributed by atoms with Crippen molar-refractivity contribution in [2.45, 2.75) is 44.9 Å². The number of nitrogens with zero attached hydrogens (tertiary/aromatic N) is 4. The van der Waals surface area contributed by atoms with Crippen molar-refractivity contribution in [3.63, 3.8) is 0 Å². The summed E-state index contributed by atoms with van der Waals surface area (Å²) in [7, 11) is 0. The van der Waals surface area contributed by atoms with Gasteiger partial charge in [-0.05, 0) is 18.1 Å². The van der Waals surface area contributed by atoms with Crippen LogP contribution in [0.25, 0.3) is 10.2 Å². The Labute approximate surface area is 224 Å². The second-order valence-electron chi connectivity index (χ2n) is 10.7. The zero-order chi connectivity index (χ0) is 26.9. The van der Waals surface area contributed by atoms with Gasteiger partial charge in [-0.25, -0.2) is 9.97 Å². The van der Waals surface area contributed by atoms with E-state index < -0.39 is 12.6 Å². The average Bonchev–Trinajstić information content (AvgIpc) is 3.45.